The fraction of sp³-hybridized carbons (Fsp3) is 0.409. The van der Waals surface area contributed by atoms with Gasteiger partial charge in [-0.2, -0.15) is 0 Å². The zero-order valence-corrected chi connectivity index (χ0v) is 16.1. The molecule has 0 fully saturated rings. The number of methoxy groups -OCH3 is 1. The van der Waals surface area contributed by atoms with Crippen LogP contribution >= 0.6 is 0 Å². The number of carbonyl (C=O) groups excluding carboxylic acids is 1. The van der Waals surface area contributed by atoms with Gasteiger partial charge in [-0.1, -0.05) is 74.5 Å². The van der Waals surface area contributed by atoms with Crippen molar-refractivity contribution in [1.29, 1.82) is 0 Å². The van der Waals surface area contributed by atoms with Crippen LogP contribution in [-0.2, 0) is 19.9 Å². The van der Waals surface area contributed by atoms with E-state index in [1.807, 2.05) is 60.7 Å². The van der Waals surface area contributed by atoms with Crippen LogP contribution in [-0.4, -0.2) is 43.7 Å². The van der Waals surface area contributed by atoms with Crippen LogP contribution in [0.1, 0.15) is 31.9 Å². The van der Waals surface area contributed by atoms with Gasteiger partial charge in [-0.25, -0.2) is 4.79 Å². The minimum absolute atomic E-state index is 0.148. The van der Waals surface area contributed by atoms with E-state index >= 15 is 0 Å². The van der Waals surface area contributed by atoms with Crippen molar-refractivity contribution in [1.82, 2.24) is 4.90 Å². The third-order valence-electron chi connectivity index (χ3n) is 4.85. The van der Waals surface area contributed by atoms with Crippen LogP contribution in [0.15, 0.2) is 60.7 Å². The van der Waals surface area contributed by atoms with E-state index in [2.05, 4.69) is 25.7 Å². The SMILES string of the molecule is CCN(CC)C(C)COC(=O)C(OC)(c1ccccc1)c1ccccc1. The molecule has 0 amide bonds. The Morgan fingerprint density at radius 1 is 0.962 bits per heavy atom. The predicted octanol–water partition coefficient (Wildman–Crippen LogP) is 3.85. The summed E-state index contributed by atoms with van der Waals surface area (Å²) in [5.41, 5.74) is 0.245. The number of rotatable bonds is 9. The maximum atomic E-state index is 13.2. The second-order valence-corrected chi connectivity index (χ2v) is 6.29. The first kappa shape index (κ1) is 20.1. The Bertz CT molecular complexity index is 629. The smallest absolute Gasteiger partial charge is 0.347 e. The lowest BCUT2D eigenvalue weighted by Gasteiger charge is -2.32. The first-order chi connectivity index (χ1) is 12.6. The fourth-order valence-electron chi connectivity index (χ4n) is 3.32. The molecule has 0 saturated carbocycles. The second-order valence-electron chi connectivity index (χ2n) is 6.29. The predicted molar refractivity (Wildman–Crippen MR) is 104 cm³/mol. The average Bonchev–Trinajstić information content (AvgIpc) is 2.70. The fourth-order valence-corrected chi connectivity index (χ4v) is 3.32. The van der Waals surface area contributed by atoms with E-state index in [1.165, 1.54) is 0 Å². The number of hydrogen-bond acceptors (Lipinski definition) is 4. The summed E-state index contributed by atoms with van der Waals surface area (Å²) in [6.07, 6.45) is 0. The lowest BCUT2D eigenvalue weighted by molar-refractivity contribution is -0.167. The van der Waals surface area contributed by atoms with Gasteiger partial charge in [0.25, 0.3) is 0 Å². The Hall–Kier alpha value is -2.17. The molecule has 2 aromatic carbocycles. The Labute approximate surface area is 156 Å². The van der Waals surface area contributed by atoms with Gasteiger partial charge in [0.15, 0.2) is 0 Å². The quantitative estimate of drug-likeness (QED) is 0.641. The molecule has 0 heterocycles. The Balaban J connectivity index is 2.34. The molecule has 2 rings (SSSR count). The summed E-state index contributed by atoms with van der Waals surface area (Å²) in [5, 5.41) is 0. The van der Waals surface area contributed by atoms with Crippen LogP contribution in [0, 0.1) is 0 Å². The van der Waals surface area contributed by atoms with Crippen LogP contribution in [0.2, 0.25) is 0 Å². The third kappa shape index (κ3) is 4.14. The summed E-state index contributed by atoms with van der Waals surface area (Å²) in [6.45, 7) is 8.44. The van der Waals surface area contributed by atoms with Crippen molar-refractivity contribution in [2.45, 2.75) is 32.4 Å². The Morgan fingerprint density at radius 2 is 1.42 bits per heavy atom. The lowest BCUT2D eigenvalue weighted by atomic mass is 9.86. The van der Waals surface area contributed by atoms with E-state index < -0.39 is 11.6 Å². The molecule has 0 spiro atoms. The second kappa shape index (κ2) is 9.51. The van der Waals surface area contributed by atoms with Gasteiger partial charge >= 0.3 is 5.97 Å². The zero-order valence-electron chi connectivity index (χ0n) is 16.1. The normalized spacial score (nSPS) is 12.8. The maximum absolute atomic E-state index is 13.2. The Morgan fingerprint density at radius 3 is 1.81 bits per heavy atom. The molecule has 0 aromatic heterocycles. The summed E-state index contributed by atoms with van der Waals surface area (Å²) in [4.78, 5) is 15.5. The number of nitrogens with zero attached hydrogens (tertiary/aromatic N) is 1. The number of hydrogen-bond donors (Lipinski definition) is 0. The molecule has 1 atom stereocenters. The average molecular weight is 355 g/mol. The summed E-state index contributed by atoms with van der Waals surface area (Å²) < 4.78 is 11.6. The van der Waals surface area contributed by atoms with Gasteiger partial charge in [-0.3, -0.25) is 4.90 Å². The van der Waals surface area contributed by atoms with Crippen LogP contribution in [0.25, 0.3) is 0 Å². The van der Waals surface area contributed by atoms with E-state index in [0.717, 1.165) is 24.2 Å². The molecule has 0 aliphatic carbocycles. The van der Waals surface area contributed by atoms with Gasteiger partial charge in [-0.15, -0.1) is 0 Å². The molecular weight excluding hydrogens is 326 g/mol. The molecule has 26 heavy (non-hydrogen) atoms. The van der Waals surface area contributed by atoms with Crippen molar-refractivity contribution in [3.63, 3.8) is 0 Å². The van der Waals surface area contributed by atoms with Crippen LogP contribution < -0.4 is 0 Å². The summed E-state index contributed by atoms with van der Waals surface area (Å²) >= 11 is 0. The van der Waals surface area contributed by atoms with Gasteiger partial charge in [0.05, 0.1) is 0 Å². The van der Waals surface area contributed by atoms with E-state index in [4.69, 9.17) is 9.47 Å². The van der Waals surface area contributed by atoms with Crippen LogP contribution in [0.4, 0.5) is 0 Å². The number of likely N-dealkylation sites (N-methyl/N-ethyl adjacent to an activating group) is 1. The molecule has 0 bridgehead atoms. The summed E-state index contributed by atoms with van der Waals surface area (Å²) in [6, 6.07) is 19.2. The first-order valence-electron chi connectivity index (χ1n) is 9.17. The van der Waals surface area contributed by atoms with E-state index in [9.17, 15) is 4.79 Å². The molecule has 1 unspecified atom stereocenters. The first-order valence-corrected chi connectivity index (χ1v) is 9.17. The molecule has 4 heteroatoms. The number of carbonyl (C=O) groups is 1. The van der Waals surface area contributed by atoms with Crippen molar-refractivity contribution >= 4 is 5.97 Å². The van der Waals surface area contributed by atoms with Gasteiger partial charge in [0.2, 0.25) is 5.60 Å². The highest BCUT2D eigenvalue weighted by atomic mass is 16.6. The summed E-state index contributed by atoms with van der Waals surface area (Å²) in [5.74, 6) is -0.392. The molecule has 0 aliphatic heterocycles. The minimum Gasteiger partial charge on any atom is -0.461 e. The molecule has 0 radical (unpaired) electrons. The highest BCUT2D eigenvalue weighted by Crippen LogP contribution is 2.34. The molecule has 0 aliphatic rings. The van der Waals surface area contributed by atoms with E-state index in [-0.39, 0.29) is 6.04 Å². The largest absolute Gasteiger partial charge is 0.461 e. The molecule has 4 nitrogen and oxygen atoms in total. The highest BCUT2D eigenvalue weighted by molar-refractivity contribution is 5.85. The Kier molecular flexibility index (Phi) is 7.37. The minimum atomic E-state index is -1.27. The van der Waals surface area contributed by atoms with Crippen molar-refractivity contribution < 1.29 is 14.3 Å². The monoisotopic (exact) mass is 355 g/mol. The topological polar surface area (TPSA) is 38.8 Å². The van der Waals surface area contributed by atoms with E-state index in [0.29, 0.717) is 6.61 Å². The van der Waals surface area contributed by atoms with Gasteiger partial charge in [-0.05, 0) is 31.1 Å². The van der Waals surface area contributed by atoms with Crippen molar-refractivity contribution in [3.8, 4) is 0 Å². The van der Waals surface area contributed by atoms with Crippen LogP contribution in [0.3, 0.4) is 0 Å². The maximum Gasteiger partial charge on any atom is 0.347 e. The molecule has 140 valence electrons. The molecule has 0 saturated heterocycles. The van der Waals surface area contributed by atoms with Crippen molar-refractivity contribution in [2.24, 2.45) is 0 Å². The molecule has 2 aromatic rings. The van der Waals surface area contributed by atoms with Gasteiger partial charge < -0.3 is 9.47 Å². The molecular formula is C22H29NO3. The third-order valence-corrected chi connectivity index (χ3v) is 4.85. The van der Waals surface area contributed by atoms with E-state index in [1.54, 1.807) is 7.11 Å². The van der Waals surface area contributed by atoms with Crippen LogP contribution in [0.5, 0.6) is 0 Å². The van der Waals surface area contributed by atoms with Crippen molar-refractivity contribution in [3.05, 3.63) is 71.8 Å². The number of esters is 1. The van der Waals surface area contributed by atoms with Crippen molar-refractivity contribution in [2.75, 3.05) is 26.8 Å². The van der Waals surface area contributed by atoms with Gasteiger partial charge in [0, 0.05) is 13.2 Å². The number of ether oxygens (including phenoxy) is 2. The standard InChI is InChI=1S/C22H29NO3/c1-5-23(6-2)18(3)17-26-21(24)22(25-4,19-13-9-7-10-14-19)20-15-11-8-12-16-20/h7-16,18H,5-6,17H2,1-4H3. The lowest BCUT2D eigenvalue weighted by Crippen LogP contribution is -2.43. The highest BCUT2D eigenvalue weighted by Gasteiger charge is 2.44. The number of benzene rings is 2. The summed E-state index contributed by atoms with van der Waals surface area (Å²) in [7, 11) is 1.55. The molecule has 0 N–H and O–H groups in total. The zero-order chi connectivity index (χ0) is 19.0. The van der Waals surface area contributed by atoms with Gasteiger partial charge in [0.1, 0.15) is 6.61 Å².